The average molecular weight is 434 g/mol. The molecule has 0 radical (unpaired) electrons. The lowest BCUT2D eigenvalue weighted by atomic mass is 9.96. The predicted molar refractivity (Wildman–Crippen MR) is 114 cm³/mol. The molecule has 3 rings (SSSR count). The van der Waals surface area contributed by atoms with E-state index < -0.39 is 0 Å². The Kier molecular flexibility index (Phi) is 6.55. The van der Waals surface area contributed by atoms with Crippen molar-refractivity contribution in [1.29, 1.82) is 0 Å². The molecule has 3 heterocycles. The summed E-state index contributed by atoms with van der Waals surface area (Å²) >= 11 is 1.19. The van der Waals surface area contributed by atoms with Gasteiger partial charge in [-0.15, -0.1) is 11.3 Å². The largest absolute Gasteiger partial charge is 0.369 e. The Labute approximate surface area is 178 Å². The van der Waals surface area contributed by atoms with Gasteiger partial charge in [-0.1, -0.05) is 0 Å². The molecule has 10 heteroatoms. The molecule has 9 nitrogen and oxygen atoms in total. The predicted octanol–water partition coefficient (Wildman–Crippen LogP) is 0.972. The smallest absolute Gasteiger partial charge is 0.264 e. The number of likely N-dealkylation sites (tertiary alicyclic amines) is 1. The van der Waals surface area contributed by atoms with Crippen LogP contribution in [0.1, 0.15) is 41.9 Å². The van der Waals surface area contributed by atoms with Crippen molar-refractivity contribution in [3.8, 4) is 0 Å². The van der Waals surface area contributed by atoms with Crippen molar-refractivity contribution in [2.24, 2.45) is 11.7 Å². The third-order valence-electron chi connectivity index (χ3n) is 5.72. The molecule has 0 atom stereocenters. The number of amides is 3. The van der Waals surface area contributed by atoms with Crippen molar-refractivity contribution in [2.75, 3.05) is 26.2 Å². The number of carbonyl (C=O) groups excluding carboxylic acids is 3. The van der Waals surface area contributed by atoms with E-state index in [1.54, 1.807) is 16.7 Å². The summed E-state index contributed by atoms with van der Waals surface area (Å²) in [5, 5.41) is 0.380. The number of aromatic nitrogens is 2. The molecule has 1 fully saturated rings. The minimum Gasteiger partial charge on any atom is -0.369 e. The topological polar surface area (TPSA) is 119 Å². The Hall–Kier alpha value is -2.75. The van der Waals surface area contributed by atoms with Crippen LogP contribution < -0.4 is 11.3 Å². The van der Waals surface area contributed by atoms with E-state index in [-0.39, 0.29) is 35.7 Å². The van der Waals surface area contributed by atoms with Crippen molar-refractivity contribution >= 4 is 39.3 Å². The summed E-state index contributed by atoms with van der Waals surface area (Å²) in [5.41, 5.74) is 5.63. The third kappa shape index (κ3) is 4.09. The van der Waals surface area contributed by atoms with Crippen molar-refractivity contribution in [3.63, 3.8) is 0 Å². The molecule has 1 aliphatic heterocycles. The highest BCUT2D eigenvalue weighted by Crippen LogP contribution is 2.29. The summed E-state index contributed by atoms with van der Waals surface area (Å²) in [6, 6.07) is 0. The number of piperidine rings is 1. The molecule has 3 amide bonds. The van der Waals surface area contributed by atoms with Gasteiger partial charge in [0.25, 0.3) is 11.5 Å². The second-order valence-corrected chi connectivity index (χ2v) is 8.45. The number of rotatable bonds is 6. The lowest BCUT2D eigenvalue weighted by Crippen LogP contribution is -2.41. The zero-order valence-electron chi connectivity index (χ0n) is 17.5. The SMILES string of the molecule is CCN(CC)C(=O)Cn1cnc2sc(C(=O)N3CCC(C(N)=O)CC3)c(C)c2c1=O. The summed E-state index contributed by atoms with van der Waals surface area (Å²) in [5.74, 6) is -0.840. The van der Waals surface area contributed by atoms with Crippen LogP contribution in [0.4, 0.5) is 0 Å². The van der Waals surface area contributed by atoms with E-state index in [4.69, 9.17) is 5.73 Å². The summed E-state index contributed by atoms with van der Waals surface area (Å²) in [7, 11) is 0. The monoisotopic (exact) mass is 433 g/mol. The molecule has 0 aliphatic carbocycles. The zero-order valence-corrected chi connectivity index (χ0v) is 18.3. The fraction of sp³-hybridized carbons (Fsp3) is 0.550. The average Bonchev–Trinajstić information content (AvgIpc) is 3.07. The van der Waals surface area contributed by atoms with Gasteiger partial charge >= 0.3 is 0 Å². The van der Waals surface area contributed by atoms with Gasteiger partial charge in [0, 0.05) is 32.1 Å². The van der Waals surface area contributed by atoms with E-state index >= 15 is 0 Å². The standard InChI is InChI=1S/C20H27N5O4S/c1-4-23(5-2)14(26)10-25-11-22-18-15(19(25)28)12(3)16(30-18)20(29)24-8-6-13(7-9-24)17(21)27/h11,13H,4-10H2,1-3H3,(H2,21,27). The van der Waals surface area contributed by atoms with Gasteiger partial charge in [-0.25, -0.2) is 4.98 Å². The Morgan fingerprint density at radius 3 is 2.43 bits per heavy atom. The maximum Gasteiger partial charge on any atom is 0.264 e. The molecule has 0 unspecified atom stereocenters. The van der Waals surface area contributed by atoms with E-state index in [1.807, 2.05) is 13.8 Å². The fourth-order valence-electron chi connectivity index (χ4n) is 3.81. The van der Waals surface area contributed by atoms with Crippen molar-refractivity contribution < 1.29 is 14.4 Å². The Balaban J connectivity index is 1.87. The van der Waals surface area contributed by atoms with Crippen LogP contribution in [0, 0.1) is 12.8 Å². The summed E-state index contributed by atoms with van der Waals surface area (Å²) < 4.78 is 1.30. The van der Waals surface area contributed by atoms with Crippen LogP contribution in [0.2, 0.25) is 0 Å². The van der Waals surface area contributed by atoms with Gasteiger partial charge in [-0.2, -0.15) is 0 Å². The number of hydrogen-bond acceptors (Lipinski definition) is 6. The summed E-state index contributed by atoms with van der Waals surface area (Å²) in [6.07, 6.45) is 2.46. The van der Waals surface area contributed by atoms with Crippen molar-refractivity contribution in [3.05, 3.63) is 27.1 Å². The first-order valence-electron chi connectivity index (χ1n) is 10.1. The molecular weight excluding hydrogens is 406 g/mol. The molecule has 2 N–H and O–H groups in total. The van der Waals surface area contributed by atoms with Gasteiger partial charge in [0.05, 0.1) is 16.6 Å². The van der Waals surface area contributed by atoms with Crippen LogP contribution in [0.5, 0.6) is 0 Å². The summed E-state index contributed by atoms with van der Waals surface area (Å²) in [6.45, 7) is 7.49. The number of fused-ring (bicyclic) bond motifs is 1. The van der Waals surface area contributed by atoms with Crippen LogP contribution in [0.3, 0.4) is 0 Å². The van der Waals surface area contributed by atoms with Gasteiger partial charge < -0.3 is 15.5 Å². The number of aryl methyl sites for hydroxylation is 1. The zero-order chi connectivity index (χ0) is 22.0. The minimum atomic E-state index is -0.329. The molecule has 0 saturated carbocycles. The molecule has 162 valence electrons. The van der Waals surface area contributed by atoms with E-state index in [0.29, 0.717) is 59.7 Å². The van der Waals surface area contributed by atoms with Gasteiger partial charge in [-0.05, 0) is 39.2 Å². The molecular formula is C20H27N5O4S. The van der Waals surface area contributed by atoms with Crippen molar-refractivity contribution in [2.45, 2.75) is 40.2 Å². The minimum absolute atomic E-state index is 0.0807. The van der Waals surface area contributed by atoms with Gasteiger partial charge in [0.2, 0.25) is 11.8 Å². The van der Waals surface area contributed by atoms with E-state index in [9.17, 15) is 19.2 Å². The lowest BCUT2D eigenvalue weighted by molar-refractivity contribution is -0.131. The van der Waals surface area contributed by atoms with E-state index in [2.05, 4.69) is 4.98 Å². The van der Waals surface area contributed by atoms with Crippen LogP contribution in [0.15, 0.2) is 11.1 Å². The number of thiophene rings is 1. The Bertz CT molecular complexity index is 1030. The fourth-order valence-corrected chi connectivity index (χ4v) is 4.92. The highest BCUT2D eigenvalue weighted by Gasteiger charge is 2.29. The quantitative estimate of drug-likeness (QED) is 0.728. The summed E-state index contributed by atoms with van der Waals surface area (Å²) in [4.78, 5) is 58.4. The van der Waals surface area contributed by atoms with E-state index in [1.165, 1.54) is 22.2 Å². The second kappa shape index (κ2) is 8.95. The number of nitrogens with two attached hydrogens (primary N) is 1. The number of carbonyl (C=O) groups is 3. The first-order valence-corrected chi connectivity index (χ1v) is 10.9. The Morgan fingerprint density at radius 2 is 1.87 bits per heavy atom. The molecule has 1 aliphatic rings. The molecule has 1 saturated heterocycles. The van der Waals surface area contributed by atoms with Gasteiger partial charge in [0.1, 0.15) is 11.4 Å². The molecule has 0 bridgehead atoms. The Morgan fingerprint density at radius 1 is 1.23 bits per heavy atom. The maximum atomic E-state index is 13.0. The molecule has 2 aromatic heterocycles. The number of primary amides is 1. The molecule has 0 spiro atoms. The van der Waals surface area contributed by atoms with Crippen LogP contribution in [0.25, 0.3) is 10.2 Å². The lowest BCUT2D eigenvalue weighted by Gasteiger charge is -2.30. The molecule has 0 aromatic carbocycles. The van der Waals surface area contributed by atoms with E-state index in [0.717, 1.165) is 0 Å². The maximum absolute atomic E-state index is 13.0. The van der Waals surface area contributed by atoms with Gasteiger partial charge in [0.15, 0.2) is 0 Å². The highest BCUT2D eigenvalue weighted by atomic mass is 32.1. The molecule has 30 heavy (non-hydrogen) atoms. The number of hydrogen-bond donors (Lipinski definition) is 1. The second-order valence-electron chi connectivity index (χ2n) is 7.45. The third-order valence-corrected chi connectivity index (χ3v) is 6.91. The van der Waals surface area contributed by atoms with Crippen LogP contribution >= 0.6 is 11.3 Å². The first-order chi connectivity index (χ1) is 14.3. The highest BCUT2D eigenvalue weighted by molar-refractivity contribution is 7.20. The van der Waals surface area contributed by atoms with Crippen LogP contribution in [-0.4, -0.2) is 63.3 Å². The van der Waals surface area contributed by atoms with Crippen molar-refractivity contribution in [1.82, 2.24) is 19.4 Å². The number of likely N-dealkylation sites (N-methyl/N-ethyl adjacent to an activating group) is 1. The number of nitrogens with zero attached hydrogens (tertiary/aromatic N) is 4. The van der Waals surface area contributed by atoms with Gasteiger partial charge in [-0.3, -0.25) is 23.7 Å². The first kappa shape index (κ1) is 21.9. The van der Waals surface area contributed by atoms with Crippen LogP contribution in [-0.2, 0) is 16.1 Å². The normalized spacial score (nSPS) is 14.8. The molecule has 2 aromatic rings.